The molecule has 8 heteroatoms. The largest absolute Gasteiger partial charge is 0.480 e. The van der Waals surface area contributed by atoms with E-state index in [1.54, 1.807) is 20.8 Å². The van der Waals surface area contributed by atoms with E-state index in [4.69, 9.17) is 9.15 Å². The van der Waals surface area contributed by atoms with Crippen LogP contribution in [0.25, 0.3) is 0 Å². The van der Waals surface area contributed by atoms with Crippen molar-refractivity contribution in [2.24, 2.45) is 5.41 Å². The fourth-order valence-corrected chi connectivity index (χ4v) is 3.25. The van der Waals surface area contributed by atoms with Crippen LogP contribution in [0.2, 0.25) is 0 Å². The molecule has 22 heavy (non-hydrogen) atoms. The molecule has 3 rings (SSSR count). The Bertz CT molecular complexity index is 594. The first-order valence-electron chi connectivity index (χ1n) is 7.21. The summed E-state index contributed by atoms with van der Waals surface area (Å²) in [6, 6.07) is -1.01. The average Bonchev–Trinajstić information content (AvgIpc) is 2.74. The van der Waals surface area contributed by atoms with Gasteiger partial charge in [-0.25, -0.2) is 9.59 Å². The summed E-state index contributed by atoms with van der Waals surface area (Å²) in [6.07, 6.45) is 2.28. The summed E-state index contributed by atoms with van der Waals surface area (Å²) in [7, 11) is 0. The van der Waals surface area contributed by atoms with Crippen LogP contribution in [-0.4, -0.2) is 50.0 Å². The van der Waals surface area contributed by atoms with E-state index in [2.05, 4.69) is 10.2 Å². The number of piperidine rings is 1. The SMILES string of the molecule is CC(C)(C)OC(=O)N1C(C(=O)O)CC2(Cc3nnco3)CC12. The van der Waals surface area contributed by atoms with Gasteiger partial charge in [0.2, 0.25) is 12.3 Å². The molecule has 1 N–H and O–H groups in total. The van der Waals surface area contributed by atoms with Gasteiger partial charge in [0, 0.05) is 17.9 Å². The van der Waals surface area contributed by atoms with Gasteiger partial charge in [0.15, 0.2) is 0 Å². The van der Waals surface area contributed by atoms with Crippen LogP contribution in [0.5, 0.6) is 0 Å². The predicted octanol–water partition coefficient (Wildman–Crippen LogP) is 1.46. The molecule has 0 bridgehead atoms. The zero-order chi connectivity index (χ0) is 16.1. The Balaban J connectivity index is 1.78. The zero-order valence-corrected chi connectivity index (χ0v) is 12.8. The summed E-state index contributed by atoms with van der Waals surface area (Å²) in [5, 5.41) is 16.9. The number of carbonyl (C=O) groups excluding carboxylic acids is 1. The molecule has 1 saturated carbocycles. The van der Waals surface area contributed by atoms with E-state index in [-0.39, 0.29) is 11.5 Å². The van der Waals surface area contributed by atoms with Gasteiger partial charge in [0.25, 0.3) is 0 Å². The lowest BCUT2D eigenvalue weighted by molar-refractivity contribution is -0.142. The molecule has 2 aliphatic rings. The number of hydrogen-bond acceptors (Lipinski definition) is 6. The van der Waals surface area contributed by atoms with Crippen molar-refractivity contribution in [3.63, 3.8) is 0 Å². The number of nitrogens with zero attached hydrogens (tertiary/aromatic N) is 3. The number of carboxylic acid groups (broad SMARTS) is 1. The van der Waals surface area contributed by atoms with Crippen molar-refractivity contribution < 1.29 is 23.8 Å². The predicted molar refractivity (Wildman–Crippen MR) is 73.0 cm³/mol. The highest BCUT2D eigenvalue weighted by Gasteiger charge is 2.68. The second-order valence-electron chi connectivity index (χ2n) is 7.04. The van der Waals surface area contributed by atoms with Gasteiger partial charge in [-0.05, 0) is 33.6 Å². The summed E-state index contributed by atoms with van der Waals surface area (Å²) in [5.41, 5.74) is -0.945. The highest BCUT2D eigenvalue weighted by Crippen LogP contribution is 2.61. The molecule has 120 valence electrons. The first kappa shape index (κ1) is 14.8. The van der Waals surface area contributed by atoms with Gasteiger partial charge in [-0.3, -0.25) is 4.90 Å². The third kappa shape index (κ3) is 2.53. The third-order valence-electron chi connectivity index (χ3n) is 4.22. The number of carboxylic acids is 1. The third-order valence-corrected chi connectivity index (χ3v) is 4.22. The summed E-state index contributed by atoms with van der Waals surface area (Å²) in [6.45, 7) is 5.28. The van der Waals surface area contributed by atoms with Crippen molar-refractivity contribution in [2.75, 3.05) is 0 Å². The van der Waals surface area contributed by atoms with Gasteiger partial charge < -0.3 is 14.3 Å². The number of rotatable bonds is 3. The highest BCUT2D eigenvalue weighted by molar-refractivity contribution is 5.82. The van der Waals surface area contributed by atoms with Crippen LogP contribution in [0.1, 0.15) is 39.5 Å². The van der Waals surface area contributed by atoms with Crippen molar-refractivity contribution in [3.8, 4) is 0 Å². The average molecular weight is 309 g/mol. The minimum absolute atomic E-state index is 0.143. The molecule has 1 aromatic rings. The molecule has 1 aliphatic heterocycles. The van der Waals surface area contributed by atoms with Gasteiger partial charge >= 0.3 is 12.1 Å². The number of likely N-dealkylation sites (tertiary alicyclic amines) is 1. The Hall–Kier alpha value is -2.12. The molecule has 2 heterocycles. The van der Waals surface area contributed by atoms with E-state index >= 15 is 0 Å². The number of hydrogen-bond donors (Lipinski definition) is 1. The molecule has 8 nitrogen and oxygen atoms in total. The van der Waals surface area contributed by atoms with Crippen LogP contribution in [0.4, 0.5) is 4.79 Å². The lowest BCUT2D eigenvalue weighted by atomic mass is 9.96. The maximum absolute atomic E-state index is 12.3. The Labute approximate surface area is 127 Å². The fraction of sp³-hybridized carbons (Fsp3) is 0.714. The van der Waals surface area contributed by atoms with E-state index in [9.17, 15) is 14.7 Å². The van der Waals surface area contributed by atoms with Gasteiger partial charge in [0.1, 0.15) is 11.6 Å². The number of carbonyl (C=O) groups is 2. The summed E-state index contributed by atoms with van der Waals surface area (Å²) < 4.78 is 10.5. The normalized spacial score (nSPS) is 30.0. The Morgan fingerprint density at radius 1 is 1.50 bits per heavy atom. The minimum atomic E-state index is -1.01. The number of aromatic nitrogens is 2. The molecule has 1 aliphatic carbocycles. The van der Waals surface area contributed by atoms with Crippen LogP contribution >= 0.6 is 0 Å². The Morgan fingerprint density at radius 2 is 2.23 bits per heavy atom. The molecule has 0 aromatic carbocycles. The molecule has 1 aromatic heterocycles. The van der Waals surface area contributed by atoms with E-state index in [0.29, 0.717) is 18.7 Å². The summed E-state index contributed by atoms with van der Waals surface area (Å²) >= 11 is 0. The topological polar surface area (TPSA) is 106 Å². The van der Waals surface area contributed by atoms with E-state index in [1.165, 1.54) is 11.3 Å². The molecule has 1 amide bonds. The van der Waals surface area contributed by atoms with Gasteiger partial charge in [-0.1, -0.05) is 0 Å². The molecule has 1 saturated heterocycles. The maximum Gasteiger partial charge on any atom is 0.411 e. The molecular weight excluding hydrogens is 290 g/mol. The van der Waals surface area contributed by atoms with Gasteiger partial charge in [-0.2, -0.15) is 0 Å². The summed E-state index contributed by atoms with van der Waals surface area (Å²) in [5.74, 6) is -0.541. The highest BCUT2D eigenvalue weighted by atomic mass is 16.6. The Kier molecular flexibility index (Phi) is 3.15. The van der Waals surface area contributed by atoms with E-state index in [1.807, 2.05) is 0 Å². The van der Waals surface area contributed by atoms with Crippen LogP contribution < -0.4 is 0 Å². The van der Waals surface area contributed by atoms with Gasteiger partial charge in [-0.15, -0.1) is 10.2 Å². The monoisotopic (exact) mass is 309 g/mol. The van der Waals surface area contributed by atoms with Crippen molar-refractivity contribution in [1.29, 1.82) is 0 Å². The Morgan fingerprint density at radius 3 is 2.77 bits per heavy atom. The first-order valence-corrected chi connectivity index (χ1v) is 7.21. The zero-order valence-electron chi connectivity index (χ0n) is 12.8. The lowest BCUT2D eigenvalue weighted by Crippen LogP contribution is -2.45. The smallest absolute Gasteiger partial charge is 0.411 e. The minimum Gasteiger partial charge on any atom is -0.480 e. The maximum atomic E-state index is 12.3. The van der Waals surface area contributed by atoms with Crippen molar-refractivity contribution in [1.82, 2.24) is 15.1 Å². The fourth-order valence-electron chi connectivity index (χ4n) is 3.25. The molecular formula is C14H19N3O5. The number of ether oxygens (including phenoxy) is 1. The van der Waals surface area contributed by atoms with Crippen LogP contribution in [0, 0.1) is 5.41 Å². The lowest BCUT2D eigenvalue weighted by Gasteiger charge is -2.28. The standard InChI is InChI=1S/C14H19N3O5/c1-13(2,3)22-12(20)17-8(11(18)19)4-14(5-9(14)17)6-10-16-15-7-21-10/h7-9H,4-6H2,1-3H3,(H,18,19). The van der Waals surface area contributed by atoms with E-state index < -0.39 is 23.7 Å². The number of amides is 1. The molecule has 0 radical (unpaired) electrons. The van der Waals surface area contributed by atoms with Crippen molar-refractivity contribution >= 4 is 12.1 Å². The first-order chi connectivity index (χ1) is 10.2. The second kappa shape index (κ2) is 4.69. The quantitative estimate of drug-likeness (QED) is 0.901. The van der Waals surface area contributed by atoms with Gasteiger partial charge in [0.05, 0.1) is 0 Å². The van der Waals surface area contributed by atoms with Crippen molar-refractivity contribution in [3.05, 3.63) is 12.3 Å². The molecule has 2 fully saturated rings. The van der Waals surface area contributed by atoms with Crippen LogP contribution in [0.15, 0.2) is 10.8 Å². The molecule has 3 unspecified atom stereocenters. The van der Waals surface area contributed by atoms with Crippen molar-refractivity contribution in [2.45, 2.75) is 57.7 Å². The van der Waals surface area contributed by atoms with Crippen LogP contribution in [0.3, 0.4) is 0 Å². The summed E-state index contributed by atoms with van der Waals surface area (Å²) in [4.78, 5) is 25.2. The van der Waals surface area contributed by atoms with Crippen LogP contribution in [-0.2, 0) is 16.0 Å². The second-order valence-corrected chi connectivity index (χ2v) is 7.04. The molecule has 3 atom stereocenters. The number of aliphatic carboxylic acids is 1. The van der Waals surface area contributed by atoms with E-state index in [0.717, 1.165) is 6.42 Å². The molecule has 0 spiro atoms. The number of fused-ring (bicyclic) bond motifs is 1.